The predicted octanol–water partition coefficient (Wildman–Crippen LogP) is 6.23. The number of hydrogen-bond donors (Lipinski definition) is 1. The van der Waals surface area contributed by atoms with Crippen LogP contribution in [0.2, 0.25) is 5.02 Å². The van der Waals surface area contributed by atoms with Crippen molar-refractivity contribution in [1.82, 2.24) is 0 Å². The number of rotatable bonds is 7. The Labute approximate surface area is 182 Å². The maximum absolute atomic E-state index is 12.2. The molecular formula is C25H22ClNO3. The van der Waals surface area contributed by atoms with Gasteiger partial charge in [-0.15, -0.1) is 0 Å². The van der Waals surface area contributed by atoms with Gasteiger partial charge >= 0.3 is 5.97 Å². The Morgan fingerprint density at radius 3 is 2.47 bits per heavy atom. The van der Waals surface area contributed by atoms with E-state index >= 15 is 0 Å². The summed E-state index contributed by atoms with van der Waals surface area (Å²) in [7, 11) is 0. The van der Waals surface area contributed by atoms with E-state index in [2.05, 4.69) is 0 Å². The summed E-state index contributed by atoms with van der Waals surface area (Å²) in [6, 6.07) is 23.0. The van der Waals surface area contributed by atoms with Crippen molar-refractivity contribution in [3.8, 4) is 17.6 Å². The third kappa shape index (κ3) is 4.32. The second-order valence-electron chi connectivity index (χ2n) is 7.24. The van der Waals surface area contributed by atoms with E-state index in [0.29, 0.717) is 27.6 Å². The first kappa shape index (κ1) is 20.0. The molecule has 0 spiro atoms. The minimum atomic E-state index is -1.79. The Morgan fingerprint density at radius 1 is 1.13 bits per heavy atom. The normalized spacial score (nSPS) is 14.3. The molecule has 0 amide bonds. The van der Waals surface area contributed by atoms with Crippen LogP contribution in [-0.4, -0.2) is 11.1 Å². The molecule has 152 valence electrons. The van der Waals surface area contributed by atoms with Crippen LogP contribution in [0, 0.1) is 17.2 Å². The molecule has 30 heavy (non-hydrogen) atoms. The number of carboxylic acid groups (broad SMARTS) is 1. The fourth-order valence-corrected chi connectivity index (χ4v) is 3.57. The zero-order chi connectivity index (χ0) is 22.6. The summed E-state index contributed by atoms with van der Waals surface area (Å²) in [6.07, 6.45) is -0.959. The number of aliphatic carboxylic acids is 1. The fourth-order valence-electron chi connectivity index (χ4n) is 3.39. The van der Waals surface area contributed by atoms with Crippen molar-refractivity contribution < 1.29 is 16.0 Å². The first-order valence-corrected chi connectivity index (χ1v) is 9.87. The van der Waals surface area contributed by atoms with Crippen LogP contribution in [0.3, 0.4) is 0 Å². The Morgan fingerprint density at radius 2 is 1.83 bits per heavy atom. The number of ether oxygens (including phenoxy) is 1. The number of carboxylic acids is 1. The summed E-state index contributed by atoms with van der Waals surface area (Å²) in [6.45, 7) is 3.37. The molecule has 0 aliphatic rings. The Hall–Kier alpha value is -3.29. The summed E-state index contributed by atoms with van der Waals surface area (Å²) >= 11 is 6.20. The van der Waals surface area contributed by atoms with Crippen LogP contribution in [0.1, 0.15) is 31.9 Å². The minimum absolute atomic E-state index is 0.274. The van der Waals surface area contributed by atoms with Crippen molar-refractivity contribution >= 4 is 17.6 Å². The monoisotopic (exact) mass is 420 g/mol. The zero-order valence-corrected chi connectivity index (χ0v) is 17.4. The molecule has 0 bridgehead atoms. The highest BCUT2D eigenvalue weighted by Crippen LogP contribution is 2.37. The van der Waals surface area contributed by atoms with Crippen molar-refractivity contribution in [3.05, 3.63) is 94.5 Å². The lowest BCUT2D eigenvalue weighted by molar-refractivity contribution is -0.143. The van der Waals surface area contributed by atoms with Crippen LogP contribution in [-0.2, 0) is 16.6 Å². The Kier molecular flexibility index (Phi) is 6.02. The van der Waals surface area contributed by atoms with E-state index in [1.807, 2.05) is 36.4 Å². The topological polar surface area (TPSA) is 70.3 Å². The van der Waals surface area contributed by atoms with Gasteiger partial charge in [0, 0.05) is 6.39 Å². The van der Waals surface area contributed by atoms with Crippen molar-refractivity contribution in [2.75, 3.05) is 0 Å². The molecule has 0 aliphatic carbocycles. The molecule has 1 N–H and O–H groups in total. The maximum atomic E-state index is 12.2. The lowest BCUT2D eigenvalue weighted by Crippen LogP contribution is -2.40. The van der Waals surface area contributed by atoms with Gasteiger partial charge in [-0.2, -0.15) is 5.26 Å². The predicted molar refractivity (Wildman–Crippen MR) is 117 cm³/mol. The average molecular weight is 421 g/mol. The molecule has 3 aromatic carbocycles. The molecule has 0 radical (unpaired) electrons. The van der Waals surface area contributed by atoms with Gasteiger partial charge in [-0.1, -0.05) is 61.8 Å². The van der Waals surface area contributed by atoms with Gasteiger partial charge in [0.1, 0.15) is 11.5 Å². The number of hydrogen-bond acceptors (Lipinski definition) is 3. The largest absolute Gasteiger partial charge is 0.480 e. The van der Waals surface area contributed by atoms with E-state index in [-0.39, 0.29) is 5.56 Å². The number of nitrogens with zero attached hydrogens (tertiary/aromatic N) is 1. The van der Waals surface area contributed by atoms with Crippen LogP contribution >= 0.6 is 11.6 Å². The summed E-state index contributed by atoms with van der Waals surface area (Å²) in [4.78, 5) is 12.2. The number of carbonyl (C=O) groups is 1. The van der Waals surface area contributed by atoms with Crippen LogP contribution in [0.25, 0.3) is 0 Å². The summed E-state index contributed by atoms with van der Waals surface area (Å²) < 4.78 is 14.8. The third-order valence-corrected chi connectivity index (χ3v) is 5.21. The molecule has 0 heterocycles. The molecule has 0 saturated carbocycles. The van der Waals surface area contributed by atoms with Crippen molar-refractivity contribution in [2.45, 2.75) is 25.7 Å². The molecule has 0 saturated heterocycles. The van der Waals surface area contributed by atoms with E-state index in [1.54, 1.807) is 56.3 Å². The highest BCUT2D eigenvalue weighted by atomic mass is 35.5. The van der Waals surface area contributed by atoms with Gasteiger partial charge in [-0.25, -0.2) is 0 Å². The Bertz CT molecular complexity index is 1130. The highest BCUT2D eigenvalue weighted by molar-refractivity contribution is 6.30. The number of nitriles is 1. The van der Waals surface area contributed by atoms with Crippen LogP contribution in [0.5, 0.6) is 11.5 Å². The molecule has 2 atom stereocenters. The minimum Gasteiger partial charge on any atom is -0.480 e. The van der Waals surface area contributed by atoms with Crippen LogP contribution in [0.15, 0.2) is 72.8 Å². The smallest absolute Gasteiger partial charge is 0.328 e. The summed E-state index contributed by atoms with van der Waals surface area (Å²) in [5, 5.41) is 20.2. The number of benzene rings is 3. The highest BCUT2D eigenvalue weighted by Gasteiger charge is 2.45. The summed E-state index contributed by atoms with van der Waals surface area (Å²) in [5.74, 6) is -0.547. The van der Waals surface area contributed by atoms with Gasteiger partial charge in [0.2, 0.25) is 0 Å². The molecule has 4 nitrogen and oxygen atoms in total. The van der Waals surface area contributed by atoms with Crippen LogP contribution < -0.4 is 4.74 Å². The van der Waals surface area contributed by atoms with Gasteiger partial charge in [-0.3, -0.25) is 4.79 Å². The molecule has 0 aromatic heterocycles. The molecule has 0 aliphatic heterocycles. The third-order valence-electron chi connectivity index (χ3n) is 4.98. The van der Waals surface area contributed by atoms with Crippen LogP contribution in [0.4, 0.5) is 0 Å². The molecule has 3 rings (SSSR count). The number of para-hydroxylation sites is 1. The standard InChI is InChI=1S/C25H22ClNO3/c1-17(2)25(16-27,24(28)29)23-12-11-20(26)15-19(23)13-18-7-6-10-22(14-18)30-21-8-4-3-5-9-21/h3-12,14-15,17H,13H2,1-2H3,(H,28,29)/i13D. The fraction of sp³-hybridized carbons (Fsp3) is 0.200. The summed E-state index contributed by atoms with van der Waals surface area (Å²) in [5.41, 5.74) is -0.548. The molecule has 5 heteroatoms. The lowest BCUT2D eigenvalue weighted by Gasteiger charge is -2.29. The molecule has 3 aromatic rings. The quantitative estimate of drug-likeness (QED) is 0.492. The molecular weight excluding hydrogens is 398 g/mol. The Balaban J connectivity index is 2.08. The van der Waals surface area contributed by atoms with Crippen molar-refractivity contribution in [3.63, 3.8) is 0 Å². The average Bonchev–Trinajstić information content (AvgIpc) is 2.75. The van der Waals surface area contributed by atoms with Gasteiger partial charge < -0.3 is 9.84 Å². The number of halogens is 1. The van der Waals surface area contributed by atoms with E-state index in [1.165, 1.54) is 0 Å². The van der Waals surface area contributed by atoms with Crippen molar-refractivity contribution in [1.29, 1.82) is 5.26 Å². The van der Waals surface area contributed by atoms with Gasteiger partial charge in [0.05, 0.1) is 6.07 Å². The lowest BCUT2D eigenvalue weighted by atomic mass is 9.70. The van der Waals surface area contributed by atoms with E-state index < -0.39 is 23.7 Å². The van der Waals surface area contributed by atoms with E-state index in [0.717, 1.165) is 0 Å². The maximum Gasteiger partial charge on any atom is 0.328 e. The molecule has 0 fully saturated rings. The van der Waals surface area contributed by atoms with E-state index in [4.69, 9.17) is 17.7 Å². The first-order chi connectivity index (χ1) is 14.8. The van der Waals surface area contributed by atoms with E-state index in [9.17, 15) is 15.2 Å². The second-order valence-corrected chi connectivity index (χ2v) is 7.68. The SMILES string of the molecule is [2H]C(c1cccc(Oc2ccccc2)c1)c1cc(Cl)ccc1C(C#N)(C(=O)O)C(C)C. The van der Waals surface area contributed by atoms with Gasteiger partial charge in [0.25, 0.3) is 0 Å². The van der Waals surface area contributed by atoms with Gasteiger partial charge in [0.15, 0.2) is 5.41 Å². The zero-order valence-electron chi connectivity index (χ0n) is 17.7. The molecule has 2 unspecified atom stereocenters. The van der Waals surface area contributed by atoms with Crippen molar-refractivity contribution in [2.24, 2.45) is 5.92 Å². The second kappa shape index (κ2) is 9.02. The first-order valence-electron chi connectivity index (χ1n) is 10.1. The van der Waals surface area contributed by atoms with Gasteiger partial charge in [-0.05, 0) is 65.4 Å².